The maximum Gasteiger partial charge on any atom is 0.345 e. The molecule has 1 heterocycles. The topological polar surface area (TPSA) is 91.5 Å². The Labute approximate surface area is 136 Å². The predicted molar refractivity (Wildman–Crippen MR) is 84.8 cm³/mol. The van der Waals surface area contributed by atoms with Gasteiger partial charge < -0.3 is 15.1 Å². The lowest BCUT2D eigenvalue weighted by molar-refractivity contribution is -0.231. The molecule has 0 aliphatic carbocycles. The molecule has 0 saturated heterocycles. The third-order valence-corrected chi connectivity index (χ3v) is 4.01. The van der Waals surface area contributed by atoms with Crippen molar-refractivity contribution in [3.05, 3.63) is 76.7 Å². The van der Waals surface area contributed by atoms with Crippen molar-refractivity contribution in [2.45, 2.75) is 16.9 Å². The van der Waals surface area contributed by atoms with E-state index in [1.165, 1.54) is 0 Å². The van der Waals surface area contributed by atoms with E-state index in [1.54, 1.807) is 54.6 Å². The minimum absolute atomic E-state index is 0.338. The molecule has 7 heteroatoms. The van der Waals surface area contributed by atoms with Gasteiger partial charge in [-0.2, -0.15) is 0 Å². The zero-order chi connectivity index (χ0) is 16.5. The normalized spacial score (nSPS) is 24.0. The monoisotopic (exact) mass is 332 g/mol. The Kier molecular flexibility index (Phi) is 3.89. The number of benzene rings is 2. The molecule has 0 amide bonds. The number of rotatable bonds is 4. The van der Waals surface area contributed by atoms with Crippen LogP contribution in [0.25, 0.3) is 0 Å². The molecule has 2 aromatic rings. The van der Waals surface area contributed by atoms with E-state index in [0.29, 0.717) is 16.8 Å². The average Bonchev–Trinajstić information content (AvgIpc) is 2.97. The zero-order valence-corrected chi connectivity index (χ0v) is 12.6. The number of alkyl halides is 1. The highest BCUT2D eigenvalue weighted by atomic mass is 35.5. The minimum Gasteiger partial charge on any atom is -0.353 e. The zero-order valence-electron chi connectivity index (χ0n) is 11.8. The van der Waals surface area contributed by atoms with Crippen molar-refractivity contribution in [1.29, 1.82) is 0 Å². The first-order valence-electron chi connectivity index (χ1n) is 6.84. The van der Waals surface area contributed by atoms with Crippen molar-refractivity contribution in [3.8, 4) is 0 Å². The number of aliphatic hydroxyl groups is 2. The van der Waals surface area contributed by atoms with Crippen molar-refractivity contribution in [3.63, 3.8) is 0 Å². The second-order valence-corrected chi connectivity index (χ2v) is 5.68. The van der Waals surface area contributed by atoms with E-state index in [2.05, 4.69) is 10.3 Å². The van der Waals surface area contributed by atoms with Crippen molar-refractivity contribution >= 4 is 17.3 Å². The van der Waals surface area contributed by atoms with Crippen LogP contribution in [0.5, 0.6) is 0 Å². The van der Waals surface area contributed by atoms with Gasteiger partial charge in [0.05, 0.1) is 0 Å². The summed E-state index contributed by atoms with van der Waals surface area (Å²) in [6, 6.07) is 17.6. The summed E-state index contributed by atoms with van der Waals surface area (Å²) in [5, 5.41) is 23.4. The molecule has 23 heavy (non-hydrogen) atoms. The highest BCUT2D eigenvalue weighted by molar-refractivity contribution is 6.23. The van der Waals surface area contributed by atoms with E-state index in [9.17, 15) is 15.1 Å². The summed E-state index contributed by atoms with van der Waals surface area (Å²) in [5.74, 6) is -0.976. The largest absolute Gasteiger partial charge is 0.353 e. The number of halogens is 1. The first-order valence-corrected chi connectivity index (χ1v) is 7.22. The molecule has 0 fully saturated rings. The number of hydrogen-bond donors (Lipinski definition) is 2. The Morgan fingerprint density at radius 2 is 1.65 bits per heavy atom. The van der Waals surface area contributed by atoms with E-state index >= 15 is 0 Å². The fraction of sp³-hybridized carbons (Fsp3) is 0.188. The Morgan fingerprint density at radius 1 is 1.09 bits per heavy atom. The summed E-state index contributed by atoms with van der Waals surface area (Å²) < 4.78 is 0. The number of nitroso groups, excluding NO2 is 1. The van der Waals surface area contributed by atoms with Crippen LogP contribution in [-0.4, -0.2) is 26.9 Å². The molecule has 1 aliphatic rings. The van der Waals surface area contributed by atoms with Crippen LogP contribution < -0.4 is 0 Å². The van der Waals surface area contributed by atoms with Crippen LogP contribution in [0.3, 0.4) is 0 Å². The van der Waals surface area contributed by atoms with E-state index in [1.807, 2.05) is 6.07 Å². The molecule has 2 aromatic carbocycles. The summed E-state index contributed by atoms with van der Waals surface area (Å²) >= 11 is 5.61. The maximum absolute atomic E-state index is 11.5. The fourth-order valence-electron chi connectivity index (χ4n) is 2.64. The first kappa shape index (κ1) is 15.6. The number of hydrogen-bond acceptors (Lipinski definition) is 6. The van der Waals surface area contributed by atoms with Crippen LogP contribution in [0, 0.1) is 4.91 Å². The van der Waals surface area contributed by atoms with Gasteiger partial charge >= 0.3 is 11.0 Å². The number of nitrogens with zero attached hydrogens (tertiary/aromatic N) is 2. The van der Waals surface area contributed by atoms with Gasteiger partial charge in [0.15, 0.2) is 0 Å². The second-order valence-electron chi connectivity index (χ2n) is 5.15. The second kappa shape index (κ2) is 5.73. The van der Waals surface area contributed by atoms with Gasteiger partial charge in [0.2, 0.25) is 0 Å². The van der Waals surface area contributed by atoms with Gasteiger partial charge in [-0.15, -0.1) is 4.91 Å². The van der Waals surface area contributed by atoms with Gasteiger partial charge in [-0.3, -0.25) is 0 Å². The molecule has 3 rings (SSSR count). The Balaban J connectivity index is 2.18. The van der Waals surface area contributed by atoms with E-state index in [-0.39, 0.29) is 0 Å². The highest BCUT2D eigenvalue weighted by Gasteiger charge is 2.65. The van der Waals surface area contributed by atoms with Gasteiger partial charge in [0, 0.05) is 5.56 Å². The average molecular weight is 333 g/mol. The Hall–Kier alpha value is -2.28. The molecule has 2 N–H and O–H groups in total. The van der Waals surface area contributed by atoms with Crippen LogP contribution in [0.2, 0.25) is 0 Å². The van der Waals surface area contributed by atoms with E-state index < -0.39 is 16.9 Å². The van der Waals surface area contributed by atoms with E-state index in [4.69, 9.17) is 16.4 Å². The molecule has 0 saturated carbocycles. The Morgan fingerprint density at radius 3 is 2.17 bits per heavy atom. The van der Waals surface area contributed by atoms with Gasteiger partial charge in [-0.05, 0) is 10.7 Å². The lowest BCUT2D eigenvalue weighted by Gasteiger charge is -2.32. The first-order chi connectivity index (χ1) is 11.0. The van der Waals surface area contributed by atoms with E-state index in [0.717, 1.165) is 0 Å². The van der Waals surface area contributed by atoms with Gasteiger partial charge in [-0.25, -0.2) is 0 Å². The molecule has 0 aromatic heterocycles. The molecule has 1 aliphatic heterocycles. The summed E-state index contributed by atoms with van der Waals surface area (Å²) in [4.78, 5) is 16.5. The molecular formula is C16H13ClN2O4. The highest BCUT2D eigenvalue weighted by Crippen LogP contribution is 2.48. The molecule has 2 atom stereocenters. The van der Waals surface area contributed by atoms with Crippen LogP contribution in [-0.2, 0) is 4.84 Å². The smallest absolute Gasteiger partial charge is 0.345 e. The summed E-state index contributed by atoms with van der Waals surface area (Å²) in [7, 11) is 0. The standard InChI is InChI=1S/C16H13ClN2O4/c17-16(20,21)15(19-22)13(11-7-3-1-4-8-11)14(18-23-15)12-9-5-2-6-10-12/h1-10,13,20-21H. The SMILES string of the molecule is O=NC1(C(O)(O)Cl)ON=C(c2ccccc2)C1c1ccccc1. The van der Waals surface area contributed by atoms with Crippen molar-refractivity contribution < 1.29 is 15.1 Å². The van der Waals surface area contributed by atoms with Gasteiger partial charge in [-0.1, -0.05) is 77.4 Å². The van der Waals surface area contributed by atoms with Crippen LogP contribution >= 0.6 is 11.6 Å². The Bertz CT molecular complexity index is 731. The predicted octanol–water partition coefficient (Wildman–Crippen LogP) is 2.54. The van der Waals surface area contributed by atoms with Gasteiger partial charge in [0.25, 0.3) is 0 Å². The summed E-state index contributed by atoms with van der Waals surface area (Å²) in [6.07, 6.45) is 0. The van der Waals surface area contributed by atoms with Crippen molar-refractivity contribution in [2.24, 2.45) is 10.3 Å². The fourth-order valence-corrected chi connectivity index (χ4v) is 2.81. The third-order valence-electron chi connectivity index (χ3n) is 3.74. The van der Waals surface area contributed by atoms with Gasteiger partial charge in [0.1, 0.15) is 11.6 Å². The third kappa shape index (κ3) is 2.50. The quantitative estimate of drug-likeness (QED) is 0.511. The van der Waals surface area contributed by atoms with Crippen LogP contribution in [0.4, 0.5) is 0 Å². The number of oxime groups is 1. The lowest BCUT2D eigenvalue weighted by atomic mass is 9.82. The molecule has 0 radical (unpaired) electrons. The van der Waals surface area contributed by atoms with Crippen LogP contribution in [0.1, 0.15) is 17.0 Å². The van der Waals surface area contributed by atoms with Crippen LogP contribution in [0.15, 0.2) is 71.0 Å². The molecule has 118 valence electrons. The molecular weight excluding hydrogens is 320 g/mol. The molecule has 0 bridgehead atoms. The molecule has 2 unspecified atom stereocenters. The summed E-state index contributed by atoms with van der Waals surface area (Å²) in [6.45, 7) is 0. The molecule has 6 nitrogen and oxygen atoms in total. The maximum atomic E-state index is 11.5. The summed E-state index contributed by atoms with van der Waals surface area (Å²) in [5.41, 5.74) is -0.821. The lowest BCUT2D eigenvalue weighted by Crippen LogP contribution is -2.53. The molecule has 0 spiro atoms. The minimum atomic E-state index is -3.03. The van der Waals surface area contributed by atoms with Crippen molar-refractivity contribution in [2.75, 3.05) is 0 Å². The van der Waals surface area contributed by atoms with Crippen molar-refractivity contribution in [1.82, 2.24) is 0 Å².